The molecule has 6 heterocycles. The van der Waals surface area contributed by atoms with E-state index in [2.05, 4.69) is 90.4 Å². The molecule has 2 saturated heterocycles. The van der Waals surface area contributed by atoms with Gasteiger partial charge in [-0.25, -0.2) is 45.6 Å². The summed E-state index contributed by atoms with van der Waals surface area (Å²) in [4.78, 5) is 48.4. The first-order chi connectivity index (χ1) is 38.0. The van der Waals surface area contributed by atoms with Crippen molar-refractivity contribution in [2.24, 2.45) is 22.7 Å². The van der Waals surface area contributed by atoms with Crippen LogP contribution < -0.4 is 137 Å². The molecule has 2 aliphatic heterocycles. The number of pyridine rings is 2. The maximum Gasteiger partial charge on any atom is 1.00 e. The number of nitrogens with one attached hydrogen (secondary N) is 3. The fraction of sp³-hybridized carbons (Fsp3) is 0.456. The molecule has 21 nitrogen and oxygen atoms in total. The number of hydrogen-bond acceptors (Lipinski definition) is 17. The number of amides is 2. The van der Waals surface area contributed by atoms with Crippen LogP contribution in [0, 0.1) is 36.5 Å². The number of hydrogen-bond donors (Lipinski definition) is 3. The Kier molecular flexibility index (Phi) is 31.0. The average Bonchev–Trinajstić information content (AvgIpc) is 1.84. The van der Waals surface area contributed by atoms with Gasteiger partial charge in [-0.05, 0) is 146 Å². The van der Waals surface area contributed by atoms with Crippen molar-refractivity contribution < 1.29 is 155 Å². The molecule has 2 amide bonds. The fourth-order valence-corrected chi connectivity index (χ4v) is 12.2. The van der Waals surface area contributed by atoms with Gasteiger partial charge in [0.05, 0.1) is 34.1 Å². The standard InChI is InChI=1S/C28H35N5O4S.C21H21ClN4O4S.C7H15N.CH2O3.ClH.2K.2H2S.H/c1-19-16-27(3,4)32(17-19)25-21(26(34)31-38(35,36)22-9-7-6-8-20(22)2)10-11-23(29-25)33-15-12-24(30-33)37-18-28(5)13-14-28;1-14-5-3-4-6-16(14)31(28,29)25-20(27)15-7-8-17(23-19(15)22)26-12-9-18(24-26)30-13-21(2)10-11-21;1-6-4-7(2,3)8-5-6;2-1-4-3;;;;;;/h6-12,15,19H,13-14,16-18H2,1-5H3,(H,31,34);3-9,12H,10-11,13H2,1-2H3,(H,25,27);6,8H,4-5H2,1-3H3;1,3H;1H;;;2*1H2;/q;;;;;2*+1;;;-1/p-1/t19-;;6-;;;;;;;/m0.0......./s1. The van der Waals surface area contributed by atoms with Gasteiger partial charge >= 0.3 is 103 Å². The second-order valence-electron chi connectivity index (χ2n) is 23.3. The molecular formula is C57H78Cl2K2N10O11S4. The van der Waals surface area contributed by atoms with E-state index in [0.29, 0.717) is 71.6 Å². The number of aryl methyl sites for hydroxylation is 2. The van der Waals surface area contributed by atoms with Crippen LogP contribution in [0.4, 0.5) is 5.82 Å². The van der Waals surface area contributed by atoms with Gasteiger partial charge in [-0.2, -0.15) is 27.0 Å². The average molecular weight is 1360 g/mol. The number of carbonyl (C=O) groups excluding carboxylic acids is 3. The molecule has 2 atom stereocenters. The minimum atomic E-state index is -4.07. The summed E-state index contributed by atoms with van der Waals surface area (Å²) in [6, 6.07) is 22.7. The SMILES string of the molecule is C[C@@H]1CNC(C)(C)C1.Cc1ccccc1S(=O)(=O)NC(=O)c1ccc(-n2ccc(OCC3(C)CC3)n2)nc1Cl.Cc1ccccc1S(=O)(=O)NC(=O)c1ccc(-n2ccc(OCC3(C)CC3)n2)nc1N1C[C@@H](C)CC1(C)C.Cl.O=CO[O-].S.S.[H-].[K+].[K+]. The molecule has 0 radical (unpaired) electrons. The summed E-state index contributed by atoms with van der Waals surface area (Å²) in [6.07, 6.45) is 10.3. The Morgan fingerprint density at radius 1 is 0.698 bits per heavy atom. The van der Waals surface area contributed by atoms with Crippen LogP contribution in [0.15, 0.2) is 107 Å². The van der Waals surface area contributed by atoms with Crippen LogP contribution in [0.25, 0.3) is 11.6 Å². The molecule has 6 aromatic rings. The van der Waals surface area contributed by atoms with Gasteiger partial charge in [0.2, 0.25) is 11.8 Å². The van der Waals surface area contributed by atoms with Crippen molar-refractivity contribution in [1.29, 1.82) is 0 Å². The van der Waals surface area contributed by atoms with E-state index in [9.17, 15) is 26.4 Å². The molecule has 0 spiro atoms. The van der Waals surface area contributed by atoms with Crippen molar-refractivity contribution in [3.05, 3.63) is 125 Å². The number of ether oxygens (including phenoxy) is 2. The van der Waals surface area contributed by atoms with Gasteiger partial charge in [0, 0.05) is 53.0 Å². The van der Waals surface area contributed by atoms with Crippen molar-refractivity contribution in [1.82, 2.24) is 44.3 Å². The molecule has 4 fully saturated rings. The van der Waals surface area contributed by atoms with E-state index in [0.717, 1.165) is 38.0 Å². The number of sulfonamides is 2. The van der Waals surface area contributed by atoms with E-state index in [4.69, 9.17) is 36.1 Å². The van der Waals surface area contributed by atoms with Crippen LogP contribution in [0.1, 0.15) is 127 Å². The van der Waals surface area contributed by atoms with Gasteiger partial charge in [0.15, 0.2) is 11.6 Å². The first kappa shape index (κ1) is 79.4. The van der Waals surface area contributed by atoms with Crippen LogP contribution in [-0.4, -0.2) is 102 Å². The number of halogens is 2. The zero-order chi connectivity index (χ0) is 59.1. The quantitative estimate of drug-likeness (QED) is 0.0413. The summed E-state index contributed by atoms with van der Waals surface area (Å²) in [6.45, 7) is 23.8. The minimum absolute atomic E-state index is 0. The Morgan fingerprint density at radius 3 is 1.49 bits per heavy atom. The number of aromatic nitrogens is 6. The predicted octanol–water partition coefficient (Wildman–Crippen LogP) is 2.62. The topological polar surface area (TPSA) is 271 Å². The normalized spacial score (nSPS) is 17.7. The third kappa shape index (κ3) is 22.0. The Labute approximate surface area is 617 Å². The summed E-state index contributed by atoms with van der Waals surface area (Å²) in [5.41, 5.74) is 1.83. The van der Waals surface area contributed by atoms with Gasteiger partial charge < -0.3 is 31.3 Å². The molecule has 86 heavy (non-hydrogen) atoms. The van der Waals surface area contributed by atoms with E-state index >= 15 is 0 Å². The van der Waals surface area contributed by atoms with Gasteiger partial charge in [0.1, 0.15) is 11.0 Å². The number of benzene rings is 2. The number of nitrogens with zero attached hydrogens (tertiary/aromatic N) is 7. The molecule has 0 unspecified atom stereocenters. The van der Waals surface area contributed by atoms with Gasteiger partial charge in [-0.15, -0.1) is 22.6 Å². The van der Waals surface area contributed by atoms with E-state index in [1.165, 1.54) is 41.9 Å². The Bertz CT molecular complexity index is 3490. The molecular weight excluding hydrogens is 1280 g/mol. The summed E-state index contributed by atoms with van der Waals surface area (Å²) >= 11 is 6.18. The fourth-order valence-electron chi connectivity index (χ4n) is 9.51. The van der Waals surface area contributed by atoms with Crippen molar-refractivity contribution in [2.45, 2.75) is 129 Å². The minimum Gasteiger partial charge on any atom is -1.00 e. The number of rotatable bonds is 16. The molecule has 2 saturated carbocycles. The second kappa shape index (κ2) is 33.6. The first-order valence-corrected chi connectivity index (χ1v) is 30.0. The van der Waals surface area contributed by atoms with Crippen molar-refractivity contribution in [2.75, 3.05) is 31.2 Å². The molecule has 2 aromatic carbocycles. The van der Waals surface area contributed by atoms with E-state index < -0.39 is 31.9 Å². The van der Waals surface area contributed by atoms with Crippen LogP contribution in [-0.2, 0) is 29.7 Å². The van der Waals surface area contributed by atoms with Crippen LogP contribution in [0.2, 0.25) is 5.15 Å². The van der Waals surface area contributed by atoms with Crippen molar-refractivity contribution in [3.8, 4) is 23.4 Å². The summed E-state index contributed by atoms with van der Waals surface area (Å²) in [7, 11) is -8.12. The molecule has 3 N–H and O–H groups in total. The smallest absolute Gasteiger partial charge is 1.00 e. The van der Waals surface area contributed by atoms with Crippen LogP contribution in [0.5, 0.6) is 11.8 Å². The molecule has 462 valence electrons. The predicted molar refractivity (Wildman–Crippen MR) is 332 cm³/mol. The van der Waals surface area contributed by atoms with E-state index in [1.54, 1.807) is 91.6 Å². The third-order valence-electron chi connectivity index (χ3n) is 14.5. The Morgan fingerprint density at radius 2 is 1.13 bits per heavy atom. The third-order valence-corrected chi connectivity index (χ3v) is 17.8. The zero-order valence-electron chi connectivity index (χ0n) is 51.8. The number of carbonyl (C=O) groups is 3. The van der Waals surface area contributed by atoms with Crippen molar-refractivity contribution >= 4 is 95.2 Å². The first-order valence-electron chi connectivity index (χ1n) is 26.6. The second-order valence-corrected chi connectivity index (χ2v) is 27.0. The molecule has 4 aliphatic rings. The van der Waals surface area contributed by atoms with E-state index in [1.807, 2.05) is 4.72 Å². The molecule has 2 aliphatic carbocycles. The maximum absolute atomic E-state index is 13.5. The molecule has 0 bridgehead atoms. The molecule has 29 heteroatoms. The molecule has 10 rings (SSSR count). The van der Waals surface area contributed by atoms with Gasteiger partial charge in [-0.3, -0.25) is 14.4 Å². The summed E-state index contributed by atoms with van der Waals surface area (Å²) in [5.74, 6) is 1.98. The number of anilines is 1. The largest absolute Gasteiger partial charge is 1.00 e. The Hall–Kier alpha value is -2.66. The molecule has 4 aromatic heterocycles. The van der Waals surface area contributed by atoms with Gasteiger partial charge in [-0.1, -0.05) is 75.7 Å². The summed E-state index contributed by atoms with van der Waals surface area (Å²) < 4.78 is 70.2. The summed E-state index contributed by atoms with van der Waals surface area (Å²) in [5, 5.41) is 20.6. The Balaban J connectivity index is 0.000000697. The van der Waals surface area contributed by atoms with Crippen molar-refractivity contribution in [3.63, 3.8) is 0 Å². The zero-order valence-corrected chi connectivity index (χ0v) is 62.2. The van der Waals surface area contributed by atoms with Gasteiger partial charge in [0.25, 0.3) is 38.3 Å². The van der Waals surface area contributed by atoms with Crippen LogP contribution in [0.3, 0.4) is 0 Å². The monoisotopic (exact) mass is 1350 g/mol. The van der Waals surface area contributed by atoms with E-state index in [-0.39, 0.29) is 193 Å². The maximum atomic E-state index is 13.5. The van der Waals surface area contributed by atoms with Crippen LogP contribution >= 0.6 is 51.0 Å².